The summed E-state index contributed by atoms with van der Waals surface area (Å²) in [6.45, 7) is 1.92. The second-order valence-electron chi connectivity index (χ2n) is 7.40. The molecule has 0 atom stereocenters. The minimum absolute atomic E-state index is 0.0855. The highest BCUT2D eigenvalue weighted by molar-refractivity contribution is 7.89. The summed E-state index contributed by atoms with van der Waals surface area (Å²) in [6, 6.07) is 5.67. The minimum atomic E-state index is -3.70. The van der Waals surface area contributed by atoms with E-state index in [9.17, 15) is 18.0 Å². The Bertz CT molecular complexity index is 1050. The van der Waals surface area contributed by atoms with Crippen molar-refractivity contribution in [2.75, 3.05) is 33.3 Å². The van der Waals surface area contributed by atoms with Crippen molar-refractivity contribution in [2.45, 2.75) is 30.7 Å². The number of sulfonamides is 1. The van der Waals surface area contributed by atoms with Gasteiger partial charge in [-0.1, -0.05) is 0 Å². The number of carbonyl (C=O) groups is 2. The maximum Gasteiger partial charge on any atom is 0.337 e. The first-order valence-electron chi connectivity index (χ1n) is 9.94. The van der Waals surface area contributed by atoms with Gasteiger partial charge < -0.3 is 9.64 Å². The number of hydrogen-bond acceptors (Lipinski definition) is 6. The van der Waals surface area contributed by atoms with Crippen molar-refractivity contribution in [3.05, 3.63) is 47.3 Å². The van der Waals surface area contributed by atoms with E-state index in [-0.39, 0.29) is 29.5 Å². The van der Waals surface area contributed by atoms with Gasteiger partial charge in [0.15, 0.2) is 0 Å². The molecule has 0 spiro atoms. The zero-order valence-electron chi connectivity index (χ0n) is 16.8. The van der Waals surface area contributed by atoms with Gasteiger partial charge in [-0.05, 0) is 43.5 Å². The van der Waals surface area contributed by atoms with E-state index in [1.807, 2.05) is 4.68 Å². The van der Waals surface area contributed by atoms with Crippen LogP contribution in [0.3, 0.4) is 0 Å². The van der Waals surface area contributed by atoms with E-state index in [0.29, 0.717) is 18.7 Å². The standard InChI is InChI=1S/C20H24N4O5S/c1-29-20(26)15-5-7-16(8-6-15)30(27,28)23-12-10-22(11-13-23)19(25)17-14-21-24-9-3-2-4-18(17)24/h5-8,14H,2-4,9-13H2,1H3. The summed E-state index contributed by atoms with van der Waals surface area (Å²) in [6.07, 6.45) is 4.60. The van der Waals surface area contributed by atoms with Gasteiger partial charge in [-0.25, -0.2) is 13.2 Å². The van der Waals surface area contributed by atoms with Crippen molar-refractivity contribution in [3.63, 3.8) is 0 Å². The number of methoxy groups -OCH3 is 1. The summed E-state index contributed by atoms with van der Waals surface area (Å²) in [5.74, 6) is -0.606. The van der Waals surface area contributed by atoms with Gasteiger partial charge in [0.2, 0.25) is 10.0 Å². The largest absolute Gasteiger partial charge is 0.465 e. The smallest absolute Gasteiger partial charge is 0.337 e. The van der Waals surface area contributed by atoms with E-state index < -0.39 is 16.0 Å². The molecule has 0 radical (unpaired) electrons. The van der Waals surface area contributed by atoms with Gasteiger partial charge in [0.1, 0.15) is 0 Å². The van der Waals surface area contributed by atoms with Crippen molar-refractivity contribution in [1.82, 2.24) is 19.0 Å². The van der Waals surface area contributed by atoms with Crippen LogP contribution in [0.2, 0.25) is 0 Å². The number of amides is 1. The highest BCUT2D eigenvalue weighted by atomic mass is 32.2. The molecule has 1 aromatic heterocycles. The number of hydrogen-bond donors (Lipinski definition) is 0. The summed E-state index contributed by atoms with van der Waals surface area (Å²) in [7, 11) is -2.43. The molecule has 1 saturated heterocycles. The normalized spacial score (nSPS) is 17.4. The van der Waals surface area contributed by atoms with Crippen LogP contribution in [0, 0.1) is 0 Å². The lowest BCUT2D eigenvalue weighted by Crippen LogP contribution is -2.50. The number of rotatable bonds is 4. The van der Waals surface area contributed by atoms with Crippen molar-refractivity contribution in [1.29, 1.82) is 0 Å². The van der Waals surface area contributed by atoms with Crippen molar-refractivity contribution in [2.24, 2.45) is 0 Å². The molecule has 3 heterocycles. The van der Waals surface area contributed by atoms with Crippen LogP contribution in [-0.2, 0) is 27.7 Å². The fourth-order valence-corrected chi connectivity index (χ4v) is 5.35. The zero-order chi connectivity index (χ0) is 21.3. The van der Waals surface area contributed by atoms with Gasteiger partial charge in [-0.2, -0.15) is 9.40 Å². The number of nitrogens with zero attached hydrogens (tertiary/aromatic N) is 4. The third-order valence-corrected chi connectivity index (χ3v) is 7.56. The van der Waals surface area contributed by atoms with E-state index in [0.717, 1.165) is 31.5 Å². The Morgan fingerprint density at radius 3 is 2.37 bits per heavy atom. The van der Waals surface area contributed by atoms with Crippen molar-refractivity contribution >= 4 is 21.9 Å². The van der Waals surface area contributed by atoms with Crippen LogP contribution in [0.1, 0.15) is 39.3 Å². The fourth-order valence-electron chi connectivity index (χ4n) is 3.93. The molecule has 0 saturated carbocycles. The lowest BCUT2D eigenvalue weighted by molar-refractivity contribution is 0.0600. The van der Waals surface area contributed by atoms with Crippen LogP contribution in [0.4, 0.5) is 0 Å². The van der Waals surface area contributed by atoms with E-state index in [2.05, 4.69) is 9.84 Å². The molecule has 1 amide bonds. The lowest BCUT2D eigenvalue weighted by atomic mass is 10.1. The summed E-state index contributed by atoms with van der Waals surface area (Å²) in [5, 5.41) is 4.32. The van der Waals surface area contributed by atoms with E-state index in [1.54, 1.807) is 11.1 Å². The Morgan fingerprint density at radius 1 is 1.00 bits per heavy atom. The minimum Gasteiger partial charge on any atom is -0.465 e. The summed E-state index contributed by atoms with van der Waals surface area (Å²) < 4.78 is 33.8. The molecule has 9 nitrogen and oxygen atoms in total. The van der Waals surface area contributed by atoms with E-state index >= 15 is 0 Å². The van der Waals surface area contributed by atoms with Gasteiger partial charge in [0, 0.05) is 32.7 Å². The van der Waals surface area contributed by atoms with Crippen LogP contribution >= 0.6 is 0 Å². The average molecular weight is 433 g/mol. The number of carbonyl (C=O) groups excluding carboxylic acids is 2. The van der Waals surface area contributed by atoms with Crippen LogP contribution in [0.25, 0.3) is 0 Å². The summed E-state index contributed by atoms with van der Waals surface area (Å²) >= 11 is 0. The van der Waals surface area contributed by atoms with Crippen LogP contribution in [0.15, 0.2) is 35.4 Å². The predicted octanol–water partition coefficient (Wildman–Crippen LogP) is 1.15. The number of piperazine rings is 1. The molecule has 0 bridgehead atoms. The number of benzene rings is 1. The monoisotopic (exact) mass is 432 g/mol. The highest BCUT2D eigenvalue weighted by Crippen LogP contribution is 2.22. The molecule has 1 aromatic carbocycles. The number of aromatic nitrogens is 2. The number of ether oxygens (including phenoxy) is 1. The molecule has 1 fully saturated rings. The van der Waals surface area contributed by atoms with E-state index in [4.69, 9.17) is 0 Å². The quantitative estimate of drug-likeness (QED) is 0.672. The molecule has 2 aliphatic heterocycles. The van der Waals surface area contributed by atoms with Crippen LogP contribution in [0.5, 0.6) is 0 Å². The third-order valence-electron chi connectivity index (χ3n) is 5.65. The van der Waals surface area contributed by atoms with Crippen LogP contribution < -0.4 is 0 Å². The highest BCUT2D eigenvalue weighted by Gasteiger charge is 2.32. The fraction of sp³-hybridized carbons (Fsp3) is 0.450. The second-order valence-corrected chi connectivity index (χ2v) is 9.34. The van der Waals surface area contributed by atoms with Gasteiger partial charge in [0.25, 0.3) is 5.91 Å². The van der Waals surface area contributed by atoms with Gasteiger partial charge >= 0.3 is 5.97 Å². The van der Waals surface area contributed by atoms with Crippen molar-refractivity contribution in [3.8, 4) is 0 Å². The Labute approximate surface area is 175 Å². The first kappa shape index (κ1) is 20.5. The zero-order valence-corrected chi connectivity index (χ0v) is 17.6. The number of aryl methyl sites for hydroxylation is 1. The Hall–Kier alpha value is -2.72. The molecule has 160 valence electrons. The molecular formula is C20H24N4O5S. The molecule has 2 aliphatic rings. The molecule has 30 heavy (non-hydrogen) atoms. The average Bonchev–Trinajstić information content (AvgIpc) is 3.22. The van der Waals surface area contributed by atoms with Gasteiger partial charge in [-0.15, -0.1) is 0 Å². The number of fused-ring (bicyclic) bond motifs is 1. The maximum atomic E-state index is 12.9. The number of esters is 1. The van der Waals surface area contributed by atoms with Gasteiger partial charge in [0.05, 0.1) is 35.0 Å². The van der Waals surface area contributed by atoms with E-state index in [1.165, 1.54) is 35.7 Å². The first-order valence-corrected chi connectivity index (χ1v) is 11.4. The topological polar surface area (TPSA) is 102 Å². The second kappa shape index (κ2) is 8.19. The molecule has 0 unspecified atom stereocenters. The maximum absolute atomic E-state index is 12.9. The first-order chi connectivity index (χ1) is 14.4. The summed E-state index contributed by atoms with van der Waals surface area (Å²) in [5.41, 5.74) is 1.90. The van der Waals surface area contributed by atoms with Crippen molar-refractivity contribution < 1.29 is 22.7 Å². The Balaban J connectivity index is 1.43. The molecule has 4 rings (SSSR count). The SMILES string of the molecule is COC(=O)c1ccc(S(=O)(=O)N2CCN(C(=O)c3cnn4c3CCCC4)CC2)cc1. The Kier molecular flexibility index (Phi) is 5.61. The molecular weight excluding hydrogens is 408 g/mol. The molecule has 0 aliphatic carbocycles. The summed E-state index contributed by atoms with van der Waals surface area (Å²) in [4.78, 5) is 26.3. The predicted molar refractivity (Wildman–Crippen MR) is 108 cm³/mol. The molecule has 2 aromatic rings. The molecule has 0 N–H and O–H groups in total. The lowest BCUT2D eigenvalue weighted by Gasteiger charge is -2.34. The third kappa shape index (κ3) is 3.72. The van der Waals surface area contributed by atoms with Gasteiger partial charge in [-0.3, -0.25) is 9.48 Å². The Morgan fingerprint density at radius 2 is 1.70 bits per heavy atom. The molecule has 10 heteroatoms. The van der Waals surface area contributed by atoms with Crippen LogP contribution in [-0.4, -0.2) is 72.6 Å².